The number of aliphatic carboxylic acids is 1. The topological polar surface area (TPSA) is 68.4 Å². The van der Waals surface area contributed by atoms with Crippen LogP contribution in [-0.4, -0.2) is 19.4 Å². The van der Waals surface area contributed by atoms with Gasteiger partial charge in [0.2, 0.25) is 0 Å². The molecule has 2 heterocycles. The van der Waals surface area contributed by atoms with Crippen molar-refractivity contribution in [2.45, 2.75) is 6.18 Å². The van der Waals surface area contributed by atoms with E-state index in [0.29, 0.717) is 0 Å². The van der Waals surface area contributed by atoms with Crippen LogP contribution in [-0.2, 0) is 4.79 Å². The van der Waals surface area contributed by atoms with E-state index in [2.05, 4.69) is 9.97 Å². The van der Waals surface area contributed by atoms with Crippen LogP contribution in [0.2, 0.25) is 0 Å². The van der Waals surface area contributed by atoms with Crippen molar-refractivity contribution >= 4 is 13.2 Å². The maximum atomic E-state index is 10.5. The molecule has 0 aliphatic carbocycles. The van der Waals surface area contributed by atoms with Crippen LogP contribution in [0.4, 0.5) is 30.4 Å². The van der Waals surface area contributed by atoms with Gasteiger partial charge in [0.25, 0.3) is 0 Å². The molecule has 0 unspecified atom stereocenters. The molecule has 0 aliphatic heterocycles. The van der Waals surface area contributed by atoms with Crippen LogP contribution in [0.5, 0.6) is 0 Å². The Morgan fingerprint density at radius 2 is 0.958 bits per heavy atom. The fourth-order valence-corrected chi connectivity index (χ4v) is 0.684. The summed E-state index contributed by atoms with van der Waals surface area (Å²) in [7, 11) is -6.00. The Balaban J connectivity index is 0. The fraction of sp³-hybridized carbons (Fsp3) is 0.0833. The Bertz CT molecular complexity index is 434. The number of hydrogen-bond acceptors (Lipinski definition) is 2. The van der Waals surface area contributed by atoms with Gasteiger partial charge in [0.05, 0.1) is 0 Å². The van der Waals surface area contributed by atoms with Crippen molar-refractivity contribution in [3.63, 3.8) is 0 Å². The summed E-state index contributed by atoms with van der Waals surface area (Å²) in [5, 5.41) is 8.78. The van der Waals surface area contributed by atoms with Gasteiger partial charge >= 0.3 is 13.4 Å². The number of halogens is 7. The van der Waals surface area contributed by atoms with E-state index in [9.17, 15) is 30.4 Å². The summed E-state index contributed by atoms with van der Waals surface area (Å²) >= 11 is 0. The van der Waals surface area contributed by atoms with E-state index >= 15 is 0 Å². The predicted molar refractivity (Wildman–Crippen MR) is 67.2 cm³/mol. The number of aromatic amines is 2. The second-order valence-corrected chi connectivity index (χ2v) is 3.43. The average molecular weight is 360 g/mol. The summed E-state index contributed by atoms with van der Waals surface area (Å²) in [5.41, 5.74) is 0. The lowest BCUT2D eigenvalue weighted by atomic mass is 10.3. The zero-order valence-corrected chi connectivity index (χ0v) is 11.8. The minimum Gasteiger partial charge on any atom is -0.542 e. The van der Waals surface area contributed by atoms with E-state index in [1.807, 2.05) is 61.2 Å². The van der Waals surface area contributed by atoms with Gasteiger partial charge in [-0.15, -0.1) is 0 Å². The standard InChI is InChI=1S/2C5H5N.C2HF3O2.BF4/c2*1-2-4-6-5-3-1;3-2(4,5)1(6)7;2-1(3,4)5/h2*1-5H;(H,6,7);/q;;;-1/p+1. The van der Waals surface area contributed by atoms with Crippen LogP contribution in [0.3, 0.4) is 0 Å². The Labute approximate surface area is 132 Å². The minimum absolute atomic E-state index is 1.88. The van der Waals surface area contributed by atoms with Crippen molar-refractivity contribution in [2.75, 3.05) is 0 Å². The number of H-pyrrole nitrogens is 2. The highest BCUT2D eigenvalue weighted by atomic mass is 19.5. The van der Waals surface area contributed by atoms with E-state index in [1.54, 1.807) is 0 Å². The van der Waals surface area contributed by atoms with Gasteiger partial charge in [-0.3, -0.25) is 0 Å². The largest absolute Gasteiger partial charge is 0.673 e. The van der Waals surface area contributed by atoms with Crippen LogP contribution in [0.15, 0.2) is 61.2 Å². The number of alkyl halides is 3. The number of carboxylic acids is 1. The molecule has 12 heteroatoms. The van der Waals surface area contributed by atoms with E-state index in [-0.39, 0.29) is 0 Å². The maximum Gasteiger partial charge on any atom is 0.673 e. The van der Waals surface area contributed by atoms with Crippen molar-refractivity contribution in [3.05, 3.63) is 61.2 Å². The van der Waals surface area contributed by atoms with Gasteiger partial charge in [0, 0.05) is 24.3 Å². The summed E-state index contributed by atoms with van der Waals surface area (Å²) in [5.74, 6) is -3.01. The Kier molecular flexibility index (Phi) is 12.6. The second kappa shape index (κ2) is 12.8. The van der Waals surface area contributed by atoms with Crippen LogP contribution in [0.25, 0.3) is 0 Å². The SMILES string of the molecule is F[B-](F)(F)F.O=C([O-])C(F)(F)F.c1cc[nH+]cc1.c1cc[nH+]cc1. The third kappa shape index (κ3) is 27.6. The monoisotopic (exact) mass is 360 g/mol. The highest BCUT2D eigenvalue weighted by molar-refractivity contribution is 6.50. The third-order valence-corrected chi connectivity index (χ3v) is 1.45. The zero-order chi connectivity index (χ0) is 19.1. The third-order valence-electron chi connectivity index (χ3n) is 1.45. The molecule has 2 aromatic heterocycles. The first-order valence-electron chi connectivity index (χ1n) is 5.92. The molecular weight excluding hydrogens is 348 g/mol. The molecule has 2 N–H and O–H groups in total. The molecule has 2 rings (SSSR count). The van der Waals surface area contributed by atoms with Gasteiger partial charge < -0.3 is 27.2 Å². The van der Waals surface area contributed by atoms with E-state index in [1.165, 1.54) is 0 Å². The molecule has 0 saturated heterocycles. The van der Waals surface area contributed by atoms with E-state index in [0.717, 1.165) is 0 Å². The Morgan fingerprint density at radius 1 is 0.750 bits per heavy atom. The first-order chi connectivity index (χ1) is 10.9. The molecule has 0 bridgehead atoms. The smallest absolute Gasteiger partial charge is 0.542 e. The van der Waals surface area contributed by atoms with Crippen molar-refractivity contribution in [2.24, 2.45) is 0 Å². The minimum atomic E-state index is -6.00. The normalized spacial score (nSPS) is 9.79. The van der Waals surface area contributed by atoms with Gasteiger partial charge in [0.1, 0.15) is 5.97 Å². The van der Waals surface area contributed by atoms with Crippen molar-refractivity contribution in [1.29, 1.82) is 0 Å². The van der Waals surface area contributed by atoms with Crippen LogP contribution in [0, 0.1) is 0 Å². The predicted octanol–water partition coefficient (Wildman–Crippen LogP) is 1.60. The summed E-state index contributed by atoms with van der Waals surface area (Å²) in [6, 6.07) is 11.7. The highest BCUT2D eigenvalue weighted by Gasteiger charge is 2.28. The molecule has 0 atom stereocenters. The van der Waals surface area contributed by atoms with Gasteiger partial charge in [-0.05, 0) is 0 Å². The summed E-state index contributed by atoms with van der Waals surface area (Å²) in [6.45, 7) is 0. The Morgan fingerprint density at radius 3 is 1.00 bits per heavy atom. The summed E-state index contributed by atoms with van der Waals surface area (Å²) < 4.78 is 70.5. The lowest BCUT2D eigenvalue weighted by Gasteiger charge is -2.03. The molecule has 0 aliphatic rings. The molecule has 134 valence electrons. The lowest BCUT2D eigenvalue weighted by Crippen LogP contribution is -2.37. The quantitative estimate of drug-likeness (QED) is 0.529. The molecule has 0 spiro atoms. The molecule has 4 nitrogen and oxygen atoms in total. The maximum absolute atomic E-state index is 10.5. The molecule has 0 amide bonds. The van der Waals surface area contributed by atoms with E-state index < -0.39 is 19.4 Å². The molecule has 0 radical (unpaired) electrons. The van der Waals surface area contributed by atoms with Gasteiger partial charge in [-0.25, -0.2) is 9.97 Å². The number of rotatable bonds is 0. The zero-order valence-electron chi connectivity index (χ0n) is 11.8. The highest BCUT2D eigenvalue weighted by Crippen LogP contribution is 2.11. The molecule has 0 saturated carbocycles. The number of hydrogen-bond donors (Lipinski definition) is 0. The van der Waals surface area contributed by atoms with Crippen LogP contribution in [0.1, 0.15) is 0 Å². The van der Waals surface area contributed by atoms with Crippen molar-refractivity contribution in [1.82, 2.24) is 0 Å². The van der Waals surface area contributed by atoms with Gasteiger partial charge in [-0.1, -0.05) is 12.1 Å². The van der Waals surface area contributed by atoms with Gasteiger partial charge in [0.15, 0.2) is 24.8 Å². The number of nitrogens with one attached hydrogen (secondary N) is 2. The molecule has 2 aromatic rings. The molecular formula is C12H12BF7N2O2. The van der Waals surface area contributed by atoms with Crippen molar-refractivity contribution < 1.29 is 50.3 Å². The summed E-state index contributed by atoms with van der Waals surface area (Å²) in [6.07, 6.45) is 2.31. The first-order valence-corrected chi connectivity index (χ1v) is 5.92. The van der Waals surface area contributed by atoms with Crippen molar-refractivity contribution in [3.8, 4) is 0 Å². The number of carbonyl (C=O) groups is 1. The second-order valence-electron chi connectivity index (χ2n) is 3.43. The lowest BCUT2D eigenvalue weighted by molar-refractivity contribution is -0.378. The van der Waals surface area contributed by atoms with E-state index in [4.69, 9.17) is 9.90 Å². The molecule has 0 fully saturated rings. The first kappa shape index (κ1) is 23.6. The molecule has 24 heavy (non-hydrogen) atoms. The number of carbonyl (C=O) groups excluding carboxylic acids is 1. The number of carboxylic acid groups (broad SMARTS) is 1. The Hall–Kier alpha value is -2.66. The van der Waals surface area contributed by atoms with Crippen LogP contribution < -0.4 is 15.1 Å². The number of pyridine rings is 2. The number of aromatic nitrogens is 2. The summed E-state index contributed by atoms with van der Waals surface area (Å²) in [4.78, 5) is 14.6. The van der Waals surface area contributed by atoms with Gasteiger partial charge in [-0.2, -0.15) is 13.2 Å². The molecule has 0 aromatic carbocycles. The average Bonchev–Trinajstić information content (AvgIpc) is 2.49. The van der Waals surface area contributed by atoms with Crippen LogP contribution >= 0.6 is 0 Å². The fourth-order valence-electron chi connectivity index (χ4n) is 0.684.